The predicted octanol–water partition coefficient (Wildman–Crippen LogP) is 3.50. The van der Waals surface area contributed by atoms with Crippen LogP contribution in [0, 0.1) is 5.82 Å². The molecule has 0 radical (unpaired) electrons. The van der Waals surface area contributed by atoms with E-state index in [-0.39, 0.29) is 24.2 Å². The van der Waals surface area contributed by atoms with Crippen molar-refractivity contribution in [2.75, 3.05) is 11.9 Å². The molecule has 6 heteroatoms. The maximum absolute atomic E-state index is 13.7. The minimum atomic E-state index is -0.470. The lowest BCUT2D eigenvalue weighted by Crippen LogP contribution is -2.86. The Balaban J connectivity index is 1.91. The van der Waals surface area contributed by atoms with Crippen molar-refractivity contribution in [1.29, 1.82) is 0 Å². The largest absolute Gasteiger partial charge is 0.332 e. The minimum Gasteiger partial charge on any atom is -0.332 e. The van der Waals surface area contributed by atoms with Crippen LogP contribution >= 0.6 is 27.5 Å². The summed E-state index contributed by atoms with van der Waals surface area (Å²) in [6.45, 7) is 2.15. The lowest BCUT2D eigenvalue weighted by Gasteiger charge is -2.12. The smallest absolute Gasteiger partial charge is 0.279 e. The Labute approximate surface area is 142 Å². The van der Waals surface area contributed by atoms with E-state index in [2.05, 4.69) is 21.2 Å². The Bertz CT molecular complexity index is 681. The van der Waals surface area contributed by atoms with Gasteiger partial charge in [-0.05, 0) is 31.2 Å². The average molecular weight is 387 g/mol. The summed E-state index contributed by atoms with van der Waals surface area (Å²) in [5.74, 6) is -0.734. The van der Waals surface area contributed by atoms with Gasteiger partial charge in [-0.15, -0.1) is 0 Å². The van der Waals surface area contributed by atoms with E-state index in [1.807, 2.05) is 36.5 Å². The van der Waals surface area contributed by atoms with Crippen molar-refractivity contribution >= 4 is 39.1 Å². The molecule has 3 nitrogen and oxygen atoms in total. The highest BCUT2D eigenvalue weighted by atomic mass is 79.9. The number of anilines is 1. The van der Waals surface area contributed by atoms with Crippen molar-refractivity contribution in [2.24, 2.45) is 0 Å². The van der Waals surface area contributed by atoms with Gasteiger partial charge in [0.1, 0.15) is 11.9 Å². The van der Waals surface area contributed by atoms with Gasteiger partial charge in [-0.2, -0.15) is 0 Å². The molecule has 0 aliphatic rings. The van der Waals surface area contributed by atoms with Crippen LogP contribution in [0.2, 0.25) is 5.02 Å². The second-order valence-electron chi connectivity index (χ2n) is 4.92. The van der Waals surface area contributed by atoms with E-state index in [4.69, 9.17) is 11.6 Å². The molecule has 0 heterocycles. The van der Waals surface area contributed by atoms with Crippen molar-refractivity contribution < 1.29 is 14.5 Å². The number of amides is 1. The van der Waals surface area contributed by atoms with E-state index in [0.29, 0.717) is 9.50 Å². The van der Waals surface area contributed by atoms with Gasteiger partial charge in [-0.25, -0.2) is 4.39 Å². The van der Waals surface area contributed by atoms with Crippen molar-refractivity contribution in [3.05, 3.63) is 63.3 Å². The van der Waals surface area contributed by atoms with Gasteiger partial charge < -0.3 is 10.6 Å². The summed E-state index contributed by atoms with van der Waals surface area (Å²) in [6.07, 6.45) is 0. The standard InChI is InChI=1S/C16H15BrClFN2O/c1-10(12-4-2-3-5-13(12)18)20-9-16(22)21-15-7-6-11(17)8-14(15)19/h2-8,10,20H,9H2,1H3,(H,21,22)/p+1/t10-/m0/s1. The molecule has 0 aliphatic heterocycles. The molecule has 2 aromatic rings. The van der Waals surface area contributed by atoms with E-state index in [1.54, 1.807) is 6.07 Å². The molecule has 0 aliphatic carbocycles. The third kappa shape index (κ3) is 4.53. The van der Waals surface area contributed by atoms with Crippen molar-refractivity contribution in [3.8, 4) is 0 Å². The Morgan fingerprint density at radius 1 is 1.36 bits per heavy atom. The van der Waals surface area contributed by atoms with Crippen LogP contribution in [-0.2, 0) is 4.79 Å². The number of benzene rings is 2. The van der Waals surface area contributed by atoms with E-state index < -0.39 is 5.82 Å². The summed E-state index contributed by atoms with van der Waals surface area (Å²) in [4.78, 5) is 11.9. The Morgan fingerprint density at radius 3 is 2.77 bits per heavy atom. The molecule has 0 unspecified atom stereocenters. The Hall–Kier alpha value is -1.43. The first-order valence-corrected chi connectivity index (χ1v) is 7.97. The quantitative estimate of drug-likeness (QED) is 0.811. The summed E-state index contributed by atoms with van der Waals surface area (Å²) >= 11 is 9.30. The highest BCUT2D eigenvalue weighted by Gasteiger charge is 2.15. The Morgan fingerprint density at radius 2 is 2.09 bits per heavy atom. The lowest BCUT2D eigenvalue weighted by atomic mass is 10.1. The zero-order valence-electron chi connectivity index (χ0n) is 11.9. The number of carbonyl (C=O) groups excluding carboxylic acids is 1. The van der Waals surface area contributed by atoms with Gasteiger partial charge in [0.2, 0.25) is 0 Å². The molecule has 0 bridgehead atoms. The van der Waals surface area contributed by atoms with Crippen LogP contribution in [0.15, 0.2) is 46.9 Å². The zero-order chi connectivity index (χ0) is 16.1. The minimum absolute atomic E-state index is 0.0363. The molecule has 2 rings (SSSR count). The summed E-state index contributed by atoms with van der Waals surface area (Å²) in [6, 6.07) is 12.1. The number of nitrogens with one attached hydrogen (secondary N) is 1. The third-order valence-electron chi connectivity index (χ3n) is 3.26. The van der Waals surface area contributed by atoms with Gasteiger partial charge in [-0.1, -0.05) is 45.7 Å². The molecule has 0 saturated carbocycles. The summed E-state index contributed by atoms with van der Waals surface area (Å²) in [7, 11) is 0. The molecule has 3 N–H and O–H groups in total. The first kappa shape index (κ1) is 16.9. The van der Waals surface area contributed by atoms with Gasteiger partial charge in [0.15, 0.2) is 6.54 Å². The van der Waals surface area contributed by atoms with E-state index in [9.17, 15) is 9.18 Å². The molecule has 0 saturated heterocycles. The number of rotatable bonds is 5. The summed E-state index contributed by atoms with van der Waals surface area (Å²) in [5.41, 5.74) is 1.14. The number of carbonyl (C=O) groups is 1. The number of halogens is 3. The molecular formula is C16H16BrClFN2O+. The number of hydrogen-bond acceptors (Lipinski definition) is 1. The first-order valence-electron chi connectivity index (χ1n) is 6.80. The third-order valence-corrected chi connectivity index (χ3v) is 4.10. The SMILES string of the molecule is C[C@H]([NH2+]CC(=O)Nc1ccc(Br)cc1F)c1ccccc1Cl. The van der Waals surface area contributed by atoms with Crippen LogP contribution in [0.25, 0.3) is 0 Å². The normalized spacial score (nSPS) is 12.0. The van der Waals surface area contributed by atoms with Crippen molar-refractivity contribution in [2.45, 2.75) is 13.0 Å². The van der Waals surface area contributed by atoms with Gasteiger partial charge in [0.05, 0.1) is 5.69 Å². The maximum Gasteiger partial charge on any atom is 0.279 e. The second-order valence-corrected chi connectivity index (χ2v) is 6.25. The highest BCUT2D eigenvalue weighted by molar-refractivity contribution is 9.10. The molecule has 1 atom stereocenters. The molecule has 0 aromatic heterocycles. The van der Waals surface area contributed by atoms with E-state index >= 15 is 0 Å². The fourth-order valence-electron chi connectivity index (χ4n) is 2.05. The van der Waals surface area contributed by atoms with Gasteiger partial charge in [-0.3, -0.25) is 4.79 Å². The molecule has 0 fully saturated rings. The van der Waals surface area contributed by atoms with Gasteiger partial charge in [0, 0.05) is 15.1 Å². The predicted molar refractivity (Wildman–Crippen MR) is 89.4 cm³/mol. The van der Waals surface area contributed by atoms with Crippen molar-refractivity contribution in [3.63, 3.8) is 0 Å². The molecule has 116 valence electrons. The van der Waals surface area contributed by atoms with Crippen LogP contribution < -0.4 is 10.6 Å². The van der Waals surface area contributed by atoms with Crippen LogP contribution in [0.4, 0.5) is 10.1 Å². The fourth-order valence-corrected chi connectivity index (χ4v) is 2.69. The second kappa shape index (κ2) is 7.72. The van der Waals surface area contributed by atoms with E-state index in [1.165, 1.54) is 12.1 Å². The van der Waals surface area contributed by atoms with Gasteiger partial charge >= 0.3 is 0 Å². The number of hydrogen-bond donors (Lipinski definition) is 2. The van der Waals surface area contributed by atoms with Crippen LogP contribution in [0.1, 0.15) is 18.5 Å². The van der Waals surface area contributed by atoms with Crippen molar-refractivity contribution in [1.82, 2.24) is 0 Å². The topological polar surface area (TPSA) is 45.7 Å². The molecule has 22 heavy (non-hydrogen) atoms. The zero-order valence-corrected chi connectivity index (χ0v) is 14.3. The average Bonchev–Trinajstić information content (AvgIpc) is 2.48. The summed E-state index contributed by atoms with van der Waals surface area (Å²) < 4.78 is 14.3. The van der Waals surface area contributed by atoms with Gasteiger partial charge in [0.25, 0.3) is 5.91 Å². The van der Waals surface area contributed by atoms with Crippen LogP contribution in [-0.4, -0.2) is 12.5 Å². The molecular weight excluding hydrogens is 371 g/mol. The monoisotopic (exact) mass is 385 g/mol. The molecule has 2 aromatic carbocycles. The molecule has 1 amide bonds. The summed E-state index contributed by atoms with van der Waals surface area (Å²) in [5, 5.41) is 5.09. The highest BCUT2D eigenvalue weighted by Crippen LogP contribution is 2.20. The van der Waals surface area contributed by atoms with E-state index in [0.717, 1.165) is 5.56 Å². The number of nitrogens with two attached hydrogens (primary N) is 1. The number of quaternary nitrogens is 1. The first-order chi connectivity index (χ1) is 10.5. The van der Waals surface area contributed by atoms with Crippen LogP contribution in [0.3, 0.4) is 0 Å². The van der Waals surface area contributed by atoms with Crippen LogP contribution in [0.5, 0.6) is 0 Å². The molecule has 0 spiro atoms. The Kier molecular flexibility index (Phi) is 5.94. The lowest BCUT2D eigenvalue weighted by molar-refractivity contribution is -0.682. The maximum atomic E-state index is 13.7. The fraction of sp³-hybridized carbons (Fsp3) is 0.188.